The second-order valence-electron chi connectivity index (χ2n) is 9.64. The number of carbonyl (C=O) groups excluding carboxylic acids is 1. The van der Waals surface area contributed by atoms with Gasteiger partial charge in [-0.05, 0) is 56.3 Å². The average molecular weight is 504 g/mol. The first kappa shape index (κ1) is 23.3. The minimum absolute atomic E-state index is 0.0171. The molecule has 0 aliphatic carbocycles. The van der Waals surface area contributed by atoms with Gasteiger partial charge in [0.25, 0.3) is 5.91 Å². The highest BCUT2D eigenvalue weighted by Crippen LogP contribution is 2.32. The number of hydrogen-bond donors (Lipinski definition) is 3. The zero-order chi connectivity index (χ0) is 26.4. The normalized spacial score (nSPS) is 11.8. The van der Waals surface area contributed by atoms with Crippen LogP contribution in [-0.4, -0.2) is 40.6 Å². The maximum absolute atomic E-state index is 13.6. The highest BCUT2D eigenvalue weighted by Gasteiger charge is 2.29. The monoisotopic (exact) mass is 503 g/mol. The van der Waals surface area contributed by atoms with E-state index in [0.717, 1.165) is 33.2 Å². The van der Waals surface area contributed by atoms with Crippen LogP contribution in [0.2, 0.25) is 0 Å². The Hall–Kier alpha value is -5.12. The van der Waals surface area contributed by atoms with Crippen LogP contribution in [0, 0.1) is 0 Å². The standard InChI is InChI=1S/C28H25N9O/c1-28(2,22-15-21-19(32-22)7-5-12-31-21)35-27(38)25-26(29)34-24(20-10-13-37(3)36-20)23(33-25)17-8-9-18-16(14-17)6-4-11-30-18/h4-15,32H,1-3H3,(H2,29,34)(H,35,38). The van der Waals surface area contributed by atoms with Crippen LogP contribution in [0.25, 0.3) is 44.6 Å². The molecule has 0 bridgehead atoms. The number of fused-ring (bicyclic) bond motifs is 2. The number of pyridine rings is 2. The van der Waals surface area contributed by atoms with E-state index >= 15 is 0 Å². The molecule has 0 unspecified atom stereocenters. The minimum Gasteiger partial charge on any atom is -0.382 e. The van der Waals surface area contributed by atoms with Crippen molar-refractivity contribution < 1.29 is 4.79 Å². The molecule has 0 saturated heterocycles. The van der Waals surface area contributed by atoms with Crippen LogP contribution in [0.15, 0.2) is 73.2 Å². The van der Waals surface area contributed by atoms with Gasteiger partial charge in [0.1, 0.15) is 11.4 Å². The maximum atomic E-state index is 13.6. The first-order chi connectivity index (χ1) is 18.3. The van der Waals surface area contributed by atoms with E-state index in [0.29, 0.717) is 17.1 Å². The third-order valence-corrected chi connectivity index (χ3v) is 6.46. The summed E-state index contributed by atoms with van der Waals surface area (Å²) in [6.07, 6.45) is 5.30. The zero-order valence-corrected chi connectivity index (χ0v) is 21.1. The van der Waals surface area contributed by atoms with Gasteiger partial charge in [0.05, 0.1) is 27.8 Å². The van der Waals surface area contributed by atoms with Gasteiger partial charge >= 0.3 is 0 Å². The van der Waals surface area contributed by atoms with Gasteiger partial charge in [0.15, 0.2) is 11.5 Å². The number of nitrogens with one attached hydrogen (secondary N) is 2. The van der Waals surface area contributed by atoms with E-state index in [9.17, 15) is 4.79 Å². The van der Waals surface area contributed by atoms with Crippen molar-refractivity contribution in [3.63, 3.8) is 0 Å². The molecule has 0 radical (unpaired) electrons. The zero-order valence-electron chi connectivity index (χ0n) is 21.1. The average Bonchev–Trinajstić information content (AvgIpc) is 3.55. The van der Waals surface area contributed by atoms with Gasteiger partial charge in [0.2, 0.25) is 0 Å². The molecule has 0 spiro atoms. The number of carbonyl (C=O) groups is 1. The summed E-state index contributed by atoms with van der Waals surface area (Å²) >= 11 is 0. The topological polar surface area (TPSA) is 140 Å². The molecule has 0 atom stereocenters. The highest BCUT2D eigenvalue weighted by atomic mass is 16.2. The lowest BCUT2D eigenvalue weighted by Gasteiger charge is -2.25. The van der Waals surface area contributed by atoms with E-state index in [1.807, 2.05) is 81.7 Å². The fourth-order valence-electron chi connectivity index (χ4n) is 4.46. The van der Waals surface area contributed by atoms with Crippen LogP contribution in [-0.2, 0) is 12.6 Å². The van der Waals surface area contributed by atoms with Gasteiger partial charge < -0.3 is 16.0 Å². The number of nitrogens with two attached hydrogens (primary N) is 1. The van der Waals surface area contributed by atoms with E-state index in [4.69, 9.17) is 10.7 Å². The van der Waals surface area contributed by atoms with E-state index < -0.39 is 11.4 Å². The van der Waals surface area contributed by atoms with Gasteiger partial charge in [-0.15, -0.1) is 0 Å². The molecule has 0 saturated carbocycles. The van der Waals surface area contributed by atoms with Crippen molar-refractivity contribution in [1.82, 2.24) is 40.0 Å². The van der Waals surface area contributed by atoms with Crippen molar-refractivity contribution in [2.45, 2.75) is 19.4 Å². The molecule has 6 rings (SSSR count). The van der Waals surface area contributed by atoms with Gasteiger partial charge in [-0.3, -0.25) is 19.4 Å². The number of hydrogen-bond acceptors (Lipinski definition) is 7. The molecular formula is C28H25N9O. The molecular weight excluding hydrogens is 478 g/mol. The molecule has 5 aromatic heterocycles. The highest BCUT2D eigenvalue weighted by molar-refractivity contribution is 5.98. The number of rotatable bonds is 5. The summed E-state index contributed by atoms with van der Waals surface area (Å²) in [7, 11) is 1.82. The molecule has 1 amide bonds. The molecule has 10 nitrogen and oxygen atoms in total. The number of nitrogen functional groups attached to an aromatic ring is 1. The molecule has 188 valence electrons. The smallest absolute Gasteiger partial charge is 0.274 e. The fourth-order valence-corrected chi connectivity index (χ4v) is 4.46. The van der Waals surface area contributed by atoms with Gasteiger partial charge in [0, 0.05) is 42.3 Å². The maximum Gasteiger partial charge on any atom is 0.274 e. The first-order valence-electron chi connectivity index (χ1n) is 12.1. The molecule has 4 N–H and O–H groups in total. The summed E-state index contributed by atoms with van der Waals surface area (Å²) in [6, 6.07) is 17.2. The summed E-state index contributed by atoms with van der Waals surface area (Å²) in [6.45, 7) is 3.80. The van der Waals surface area contributed by atoms with E-state index in [2.05, 4.69) is 30.4 Å². The van der Waals surface area contributed by atoms with Crippen molar-refractivity contribution in [1.29, 1.82) is 0 Å². The molecule has 0 aliphatic rings. The Balaban J connectivity index is 1.43. The third-order valence-electron chi connectivity index (χ3n) is 6.46. The number of aromatic amines is 1. The minimum atomic E-state index is -0.764. The number of anilines is 1. The van der Waals surface area contributed by atoms with E-state index in [1.54, 1.807) is 17.1 Å². The van der Waals surface area contributed by atoms with Crippen molar-refractivity contribution in [2.24, 2.45) is 7.05 Å². The SMILES string of the molecule is Cn1ccc(-c2nc(N)c(C(=O)NC(C)(C)c3cc4ncccc4[nH]3)nc2-c2ccc3ncccc3c2)n1. The number of amides is 1. The quantitative estimate of drug-likeness (QED) is 0.320. The number of benzene rings is 1. The Morgan fingerprint density at radius 2 is 1.76 bits per heavy atom. The van der Waals surface area contributed by atoms with Crippen molar-refractivity contribution in [3.8, 4) is 22.6 Å². The number of H-pyrrole nitrogens is 1. The van der Waals surface area contributed by atoms with Crippen molar-refractivity contribution in [2.75, 3.05) is 5.73 Å². The largest absolute Gasteiger partial charge is 0.382 e. The fraction of sp³-hybridized carbons (Fsp3) is 0.143. The molecule has 10 heteroatoms. The third kappa shape index (κ3) is 4.11. The van der Waals surface area contributed by atoms with Crippen LogP contribution in [0.1, 0.15) is 30.0 Å². The molecule has 0 aliphatic heterocycles. The summed E-state index contributed by atoms with van der Waals surface area (Å²) in [5.74, 6) is -0.425. The predicted molar refractivity (Wildman–Crippen MR) is 146 cm³/mol. The summed E-state index contributed by atoms with van der Waals surface area (Å²) in [5, 5.41) is 8.49. The van der Waals surface area contributed by atoms with Crippen LogP contribution in [0.3, 0.4) is 0 Å². The summed E-state index contributed by atoms with van der Waals surface area (Å²) < 4.78 is 1.68. The summed E-state index contributed by atoms with van der Waals surface area (Å²) in [5.41, 5.74) is 11.3. The van der Waals surface area contributed by atoms with E-state index in [-0.39, 0.29) is 11.5 Å². The van der Waals surface area contributed by atoms with Gasteiger partial charge in [-0.1, -0.05) is 12.1 Å². The Morgan fingerprint density at radius 3 is 2.53 bits per heavy atom. The molecule has 6 aromatic rings. The lowest BCUT2D eigenvalue weighted by molar-refractivity contribution is 0.0906. The number of aromatic nitrogens is 7. The first-order valence-corrected chi connectivity index (χ1v) is 12.1. The lowest BCUT2D eigenvalue weighted by Crippen LogP contribution is -2.42. The van der Waals surface area contributed by atoms with Crippen LogP contribution < -0.4 is 11.1 Å². The van der Waals surface area contributed by atoms with Crippen LogP contribution in [0.4, 0.5) is 5.82 Å². The molecule has 0 fully saturated rings. The van der Waals surface area contributed by atoms with Gasteiger partial charge in [-0.2, -0.15) is 5.10 Å². The number of nitrogens with zero attached hydrogens (tertiary/aromatic N) is 6. The predicted octanol–water partition coefficient (Wildman–Crippen LogP) is 4.22. The van der Waals surface area contributed by atoms with E-state index in [1.165, 1.54) is 0 Å². The molecule has 38 heavy (non-hydrogen) atoms. The molecule has 1 aromatic carbocycles. The van der Waals surface area contributed by atoms with Crippen LogP contribution in [0.5, 0.6) is 0 Å². The van der Waals surface area contributed by atoms with Crippen molar-refractivity contribution in [3.05, 3.63) is 84.6 Å². The lowest BCUT2D eigenvalue weighted by atomic mass is 10.0. The Morgan fingerprint density at radius 1 is 0.974 bits per heavy atom. The second-order valence-corrected chi connectivity index (χ2v) is 9.64. The van der Waals surface area contributed by atoms with Crippen molar-refractivity contribution >= 4 is 33.7 Å². The van der Waals surface area contributed by atoms with Gasteiger partial charge in [-0.25, -0.2) is 9.97 Å². The molecule has 5 heterocycles. The Labute approximate surface area is 218 Å². The van der Waals surface area contributed by atoms with Crippen LogP contribution >= 0.6 is 0 Å². The summed E-state index contributed by atoms with van der Waals surface area (Å²) in [4.78, 5) is 35.1. The Bertz CT molecular complexity index is 1800. The number of aryl methyl sites for hydroxylation is 1. The second kappa shape index (κ2) is 8.77. The Kier molecular flexibility index (Phi) is 5.37.